The summed E-state index contributed by atoms with van der Waals surface area (Å²) in [5, 5.41) is 7.71. The van der Waals surface area contributed by atoms with Gasteiger partial charge in [0.2, 0.25) is 0 Å². The van der Waals surface area contributed by atoms with Crippen LogP contribution < -0.4 is 10.6 Å². The summed E-state index contributed by atoms with van der Waals surface area (Å²) in [5.41, 5.74) is 7.25. The minimum atomic E-state index is 0.000834. The molecule has 138 valence electrons. The average molecular weight is 360 g/mol. The van der Waals surface area contributed by atoms with Crippen LogP contribution in [0, 0.1) is 6.92 Å². The zero-order valence-electron chi connectivity index (χ0n) is 15.5. The van der Waals surface area contributed by atoms with Gasteiger partial charge in [0.1, 0.15) is 0 Å². The Hall–Kier alpha value is -2.79. The van der Waals surface area contributed by atoms with E-state index < -0.39 is 0 Å². The largest absolute Gasteiger partial charge is 0.358 e. The van der Waals surface area contributed by atoms with E-state index in [-0.39, 0.29) is 6.03 Å². The summed E-state index contributed by atoms with van der Waals surface area (Å²) in [6.07, 6.45) is 1.00. The van der Waals surface area contributed by atoms with E-state index in [9.17, 15) is 4.79 Å². The van der Waals surface area contributed by atoms with Gasteiger partial charge in [-0.1, -0.05) is 24.3 Å². The van der Waals surface area contributed by atoms with Gasteiger partial charge in [0.05, 0.1) is 0 Å². The summed E-state index contributed by atoms with van der Waals surface area (Å²) < 4.78 is 0. The maximum atomic E-state index is 12.8. The molecule has 3 aromatic rings. The van der Waals surface area contributed by atoms with E-state index in [1.807, 2.05) is 11.0 Å². The molecule has 0 unspecified atom stereocenters. The predicted octanol–water partition coefficient (Wildman–Crippen LogP) is 4.10. The number of para-hydroxylation sites is 1. The molecule has 2 aliphatic heterocycles. The van der Waals surface area contributed by atoms with Crippen LogP contribution in [-0.2, 0) is 13.1 Å². The second-order valence-corrected chi connectivity index (χ2v) is 7.66. The molecule has 1 fully saturated rings. The Morgan fingerprint density at radius 1 is 1.15 bits per heavy atom. The first kappa shape index (κ1) is 16.4. The van der Waals surface area contributed by atoms with E-state index in [2.05, 4.69) is 58.9 Å². The van der Waals surface area contributed by atoms with Crippen LogP contribution in [0.4, 0.5) is 10.5 Å². The number of urea groups is 1. The van der Waals surface area contributed by atoms with Crippen molar-refractivity contribution in [3.05, 3.63) is 64.8 Å². The molecular formula is C22H24N4O. The van der Waals surface area contributed by atoms with Crippen LogP contribution >= 0.6 is 0 Å². The molecule has 5 heteroatoms. The van der Waals surface area contributed by atoms with E-state index in [1.165, 1.54) is 33.3 Å². The second-order valence-electron chi connectivity index (χ2n) is 7.66. The zero-order chi connectivity index (χ0) is 18.4. The predicted molar refractivity (Wildman–Crippen MR) is 108 cm³/mol. The Morgan fingerprint density at radius 2 is 2.00 bits per heavy atom. The lowest BCUT2D eigenvalue weighted by Gasteiger charge is -2.18. The highest BCUT2D eigenvalue weighted by Gasteiger charge is 2.30. The Balaban J connectivity index is 1.31. The third-order valence-corrected chi connectivity index (χ3v) is 5.92. The summed E-state index contributed by atoms with van der Waals surface area (Å²) in [5.74, 6) is 0.385. The number of nitrogens with zero attached hydrogens (tertiary/aromatic N) is 1. The van der Waals surface area contributed by atoms with Gasteiger partial charge in [0.15, 0.2) is 0 Å². The number of carbonyl (C=O) groups excluding carboxylic acids is 1. The topological polar surface area (TPSA) is 60.2 Å². The standard InChI is InChI=1S/C22H24N4O/c1-14-21(19-4-2-3-5-20(19)24-14)16-8-9-26(13-16)22(27)25-18-7-6-15-11-23-12-17(15)10-18/h2-7,10,16,23-24H,8-9,11-13H2,1H3,(H,25,27)/t16-/m0/s1. The zero-order valence-corrected chi connectivity index (χ0v) is 15.5. The molecule has 0 radical (unpaired) electrons. The summed E-state index contributed by atoms with van der Waals surface area (Å²) in [6.45, 7) is 5.49. The number of aromatic nitrogens is 1. The Morgan fingerprint density at radius 3 is 2.93 bits per heavy atom. The summed E-state index contributed by atoms with van der Waals surface area (Å²) in [7, 11) is 0. The van der Waals surface area contributed by atoms with Crippen LogP contribution in [0.5, 0.6) is 0 Å². The van der Waals surface area contributed by atoms with Crippen LogP contribution in [0.3, 0.4) is 0 Å². The van der Waals surface area contributed by atoms with Gasteiger partial charge in [-0.05, 0) is 48.2 Å². The fourth-order valence-corrected chi connectivity index (χ4v) is 4.58. The highest BCUT2D eigenvalue weighted by Crippen LogP contribution is 2.35. The number of carbonyl (C=O) groups is 1. The van der Waals surface area contributed by atoms with E-state index in [0.29, 0.717) is 5.92 Å². The average Bonchev–Trinajstić information content (AvgIpc) is 3.38. The summed E-state index contributed by atoms with van der Waals surface area (Å²) >= 11 is 0. The lowest BCUT2D eigenvalue weighted by atomic mass is 9.95. The molecule has 27 heavy (non-hydrogen) atoms. The summed E-state index contributed by atoms with van der Waals surface area (Å²) in [6, 6.07) is 14.6. The molecule has 2 amide bonds. The smallest absolute Gasteiger partial charge is 0.321 e. The van der Waals surface area contributed by atoms with Gasteiger partial charge < -0.3 is 20.5 Å². The van der Waals surface area contributed by atoms with E-state index >= 15 is 0 Å². The molecule has 2 aliphatic rings. The maximum absolute atomic E-state index is 12.8. The van der Waals surface area contributed by atoms with Crippen molar-refractivity contribution in [2.75, 3.05) is 18.4 Å². The first-order chi connectivity index (χ1) is 13.2. The number of hydrogen-bond acceptors (Lipinski definition) is 2. The van der Waals surface area contributed by atoms with Gasteiger partial charge in [-0.3, -0.25) is 0 Å². The van der Waals surface area contributed by atoms with Crippen LogP contribution in [0.2, 0.25) is 0 Å². The van der Waals surface area contributed by atoms with Gasteiger partial charge in [-0.2, -0.15) is 0 Å². The van der Waals surface area contributed by atoms with Crippen molar-refractivity contribution >= 4 is 22.6 Å². The number of nitrogens with one attached hydrogen (secondary N) is 3. The molecule has 3 heterocycles. The number of H-pyrrole nitrogens is 1. The number of hydrogen-bond donors (Lipinski definition) is 3. The van der Waals surface area contributed by atoms with Gasteiger partial charge in [0.25, 0.3) is 0 Å². The molecule has 1 aromatic heterocycles. The molecule has 0 spiro atoms. The Labute approximate surface area is 158 Å². The monoisotopic (exact) mass is 360 g/mol. The fourth-order valence-electron chi connectivity index (χ4n) is 4.58. The van der Waals surface area contributed by atoms with Crippen molar-refractivity contribution in [1.82, 2.24) is 15.2 Å². The maximum Gasteiger partial charge on any atom is 0.321 e. The normalized spacial score (nSPS) is 18.9. The van der Waals surface area contributed by atoms with Gasteiger partial charge >= 0.3 is 6.03 Å². The number of rotatable bonds is 2. The molecule has 1 saturated heterocycles. The molecule has 5 rings (SSSR count). The van der Waals surface area contributed by atoms with Crippen LogP contribution in [-0.4, -0.2) is 29.0 Å². The third-order valence-electron chi connectivity index (χ3n) is 5.92. The number of fused-ring (bicyclic) bond motifs is 2. The Kier molecular flexibility index (Phi) is 3.90. The molecule has 1 atom stereocenters. The first-order valence-electron chi connectivity index (χ1n) is 9.64. The molecule has 3 N–H and O–H groups in total. The molecule has 5 nitrogen and oxygen atoms in total. The second kappa shape index (κ2) is 6.43. The van der Waals surface area contributed by atoms with E-state index in [0.717, 1.165) is 38.3 Å². The van der Waals surface area contributed by atoms with Crippen LogP contribution in [0.15, 0.2) is 42.5 Å². The van der Waals surface area contributed by atoms with Crippen LogP contribution in [0.25, 0.3) is 10.9 Å². The minimum absolute atomic E-state index is 0.000834. The third kappa shape index (κ3) is 2.88. The number of amides is 2. The van der Waals surface area contributed by atoms with Crippen molar-refractivity contribution in [3.63, 3.8) is 0 Å². The number of anilines is 1. The van der Waals surface area contributed by atoms with E-state index in [4.69, 9.17) is 0 Å². The van der Waals surface area contributed by atoms with Crippen molar-refractivity contribution in [2.24, 2.45) is 0 Å². The SMILES string of the molecule is Cc1[nH]c2ccccc2c1[C@H]1CCN(C(=O)Nc2ccc3c(c2)CNC3)C1. The van der Waals surface area contributed by atoms with Gasteiger partial charge in [-0.15, -0.1) is 0 Å². The van der Waals surface area contributed by atoms with Crippen LogP contribution in [0.1, 0.15) is 34.7 Å². The molecule has 2 aromatic carbocycles. The highest BCUT2D eigenvalue weighted by molar-refractivity contribution is 5.90. The lowest BCUT2D eigenvalue weighted by Crippen LogP contribution is -2.32. The minimum Gasteiger partial charge on any atom is -0.358 e. The summed E-state index contributed by atoms with van der Waals surface area (Å²) in [4.78, 5) is 18.2. The fraction of sp³-hybridized carbons (Fsp3) is 0.318. The number of benzene rings is 2. The number of likely N-dealkylation sites (tertiary alicyclic amines) is 1. The highest BCUT2D eigenvalue weighted by atomic mass is 16.2. The lowest BCUT2D eigenvalue weighted by molar-refractivity contribution is 0.222. The quantitative estimate of drug-likeness (QED) is 0.644. The molecule has 0 aliphatic carbocycles. The van der Waals surface area contributed by atoms with E-state index in [1.54, 1.807) is 0 Å². The van der Waals surface area contributed by atoms with Crippen molar-refractivity contribution in [2.45, 2.75) is 32.4 Å². The number of aromatic amines is 1. The first-order valence-corrected chi connectivity index (χ1v) is 9.64. The Bertz CT molecular complexity index is 1020. The van der Waals surface area contributed by atoms with Crippen molar-refractivity contribution in [3.8, 4) is 0 Å². The molecule has 0 saturated carbocycles. The van der Waals surface area contributed by atoms with Gasteiger partial charge in [-0.25, -0.2) is 4.79 Å². The molecule has 0 bridgehead atoms. The number of aryl methyl sites for hydroxylation is 1. The van der Waals surface area contributed by atoms with Crippen molar-refractivity contribution in [1.29, 1.82) is 0 Å². The van der Waals surface area contributed by atoms with Crippen molar-refractivity contribution < 1.29 is 4.79 Å². The van der Waals surface area contributed by atoms with Gasteiger partial charge in [0, 0.05) is 54.4 Å². The molecular weight excluding hydrogens is 336 g/mol.